The molecule has 5 heteroatoms. The molecule has 1 aliphatic rings. The number of aliphatic imine (C=N–C) groups is 1. The summed E-state index contributed by atoms with van der Waals surface area (Å²) in [6, 6.07) is 9.89. The van der Waals surface area contributed by atoms with Gasteiger partial charge >= 0.3 is 0 Å². The van der Waals surface area contributed by atoms with Crippen molar-refractivity contribution in [2.45, 2.75) is 39.5 Å². The van der Waals surface area contributed by atoms with E-state index in [1.807, 2.05) is 43.6 Å². The van der Waals surface area contributed by atoms with Crippen LogP contribution in [0.1, 0.15) is 44.4 Å². The van der Waals surface area contributed by atoms with E-state index in [4.69, 9.17) is 10.4 Å². The van der Waals surface area contributed by atoms with Crippen molar-refractivity contribution in [1.82, 2.24) is 9.97 Å². The van der Waals surface area contributed by atoms with Gasteiger partial charge in [-0.15, -0.1) is 0 Å². The lowest BCUT2D eigenvalue weighted by Crippen LogP contribution is -2.35. The molecule has 1 aliphatic carbocycles. The Balaban J connectivity index is 2.02. The molecule has 130 valence electrons. The Bertz CT molecular complexity index is 803. The van der Waals surface area contributed by atoms with Crippen LogP contribution in [0.15, 0.2) is 41.5 Å². The zero-order chi connectivity index (χ0) is 18.0. The zero-order valence-corrected chi connectivity index (χ0v) is 15.3. The summed E-state index contributed by atoms with van der Waals surface area (Å²) in [5.41, 5.74) is 4.56. The fourth-order valence-corrected chi connectivity index (χ4v) is 3.34. The summed E-state index contributed by atoms with van der Waals surface area (Å²) in [6.07, 6.45) is 3.45. The van der Waals surface area contributed by atoms with Gasteiger partial charge in [-0.25, -0.2) is 9.97 Å². The average molecular weight is 335 g/mol. The minimum atomic E-state index is -0.159. The number of anilines is 2. The molecule has 1 aromatic heterocycles. The van der Waals surface area contributed by atoms with Gasteiger partial charge in [0.2, 0.25) is 5.95 Å². The van der Waals surface area contributed by atoms with Gasteiger partial charge in [-0.3, -0.25) is 4.99 Å². The maximum atomic E-state index is 8.52. The molecule has 1 aromatic carbocycles. The van der Waals surface area contributed by atoms with Crippen LogP contribution in [0.25, 0.3) is 0 Å². The van der Waals surface area contributed by atoms with Crippen molar-refractivity contribution in [2.24, 2.45) is 10.4 Å². The molecular weight excluding hydrogens is 310 g/mol. The Morgan fingerprint density at radius 3 is 2.56 bits per heavy atom. The molecule has 3 rings (SSSR count). The summed E-state index contributed by atoms with van der Waals surface area (Å²) in [5.74, 6) is 0.405. The van der Waals surface area contributed by atoms with Crippen molar-refractivity contribution >= 4 is 23.1 Å². The average Bonchev–Trinajstić information content (AvgIpc) is 2.57. The van der Waals surface area contributed by atoms with E-state index in [0.717, 1.165) is 35.5 Å². The molecule has 0 saturated heterocycles. The van der Waals surface area contributed by atoms with E-state index in [9.17, 15) is 0 Å². The van der Waals surface area contributed by atoms with E-state index >= 15 is 0 Å². The van der Waals surface area contributed by atoms with Gasteiger partial charge in [0.05, 0.1) is 11.6 Å². The molecule has 0 radical (unpaired) electrons. The van der Waals surface area contributed by atoms with Crippen LogP contribution in [0.3, 0.4) is 0 Å². The molecule has 0 bridgehead atoms. The number of para-hydroxylation sites is 1. The van der Waals surface area contributed by atoms with Crippen LogP contribution in [0.4, 0.5) is 11.6 Å². The first-order chi connectivity index (χ1) is 11.9. The van der Waals surface area contributed by atoms with Gasteiger partial charge < -0.3 is 10.7 Å². The van der Waals surface area contributed by atoms with E-state index in [0.29, 0.717) is 11.7 Å². The van der Waals surface area contributed by atoms with Crippen molar-refractivity contribution < 1.29 is 0 Å². The number of nitrogens with one attached hydrogen (secondary N) is 2. The van der Waals surface area contributed by atoms with Crippen LogP contribution in [-0.4, -0.2) is 28.4 Å². The number of nitrogens with zero attached hydrogens (tertiary/aromatic N) is 3. The van der Waals surface area contributed by atoms with E-state index in [1.165, 1.54) is 0 Å². The summed E-state index contributed by atoms with van der Waals surface area (Å²) in [7, 11) is 1.81. The molecule has 5 nitrogen and oxygen atoms in total. The molecule has 2 aromatic rings. The fraction of sp³-hybridized carbons (Fsp3) is 0.400. The van der Waals surface area contributed by atoms with Crippen molar-refractivity contribution in [1.29, 1.82) is 5.41 Å². The highest BCUT2D eigenvalue weighted by molar-refractivity contribution is 6.13. The normalized spacial score (nSPS) is 18.0. The van der Waals surface area contributed by atoms with E-state index < -0.39 is 0 Å². The number of aryl methyl sites for hydroxylation is 1. The van der Waals surface area contributed by atoms with Crippen LogP contribution in [0, 0.1) is 10.8 Å². The molecule has 0 saturated carbocycles. The first-order valence-corrected chi connectivity index (χ1v) is 8.62. The topological polar surface area (TPSA) is 74.0 Å². The van der Waals surface area contributed by atoms with E-state index in [1.54, 1.807) is 0 Å². The number of aromatic nitrogens is 2. The highest BCUT2D eigenvalue weighted by Crippen LogP contribution is 2.35. The Morgan fingerprint density at radius 1 is 1.20 bits per heavy atom. The first kappa shape index (κ1) is 17.3. The van der Waals surface area contributed by atoms with Crippen LogP contribution in [-0.2, 0) is 6.42 Å². The predicted molar refractivity (Wildman–Crippen MR) is 103 cm³/mol. The van der Waals surface area contributed by atoms with Gasteiger partial charge in [0.1, 0.15) is 0 Å². The van der Waals surface area contributed by atoms with Gasteiger partial charge in [-0.05, 0) is 30.5 Å². The van der Waals surface area contributed by atoms with Crippen LogP contribution in [0.5, 0.6) is 0 Å². The third-order valence-electron chi connectivity index (χ3n) is 4.50. The van der Waals surface area contributed by atoms with Gasteiger partial charge in [0.25, 0.3) is 0 Å². The monoisotopic (exact) mass is 335 g/mol. The Kier molecular flexibility index (Phi) is 4.66. The van der Waals surface area contributed by atoms with Crippen LogP contribution < -0.4 is 5.32 Å². The summed E-state index contributed by atoms with van der Waals surface area (Å²) in [5, 5.41) is 11.8. The molecule has 1 unspecified atom stereocenters. The van der Waals surface area contributed by atoms with Gasteiger partial charge in [-0.1, -0.05) is 39.0 Å². The minimum absolute atomic E-state index is 0.113. The lowest BCUT2D eigenvalue weighted by Gasteiger charge is -2.32. The molecular formula is C20H25N5. The minimum Gasteiger partial charge on any atom is -0.324 e. The molecule has 1 atom stereocenters. The standard InChI is InChI=1S/C20H25N5/c1-20(2,3)18(22-4)16-15(21)11-10-13-12-23-19(25-17(13)16)24-14-8-6-5-7-9-14/h5-9,12,16,21H,10-11H2,1-4H3,(H,23,24,25). The summed E-state index contributed by atoms with van der Waals surface area (Å²) >= 11 is 0. The molecule has 0 fully saturated rings. The Morgan fingerprint density at radius 2 is 1.92 bits per heavy atom. The number of fused-ring (bicyclic) bond motifs is 1. The molecule has 1 heterocycles. The number of rotatable bonds is 3. The number of hydrogen-bond acceptors (Lipinski definition) is 5. The molecule has 0 amide bonds. The van der Waals surface area contributed by atoms with Gasteiger partial charge in [-0.2, -0.15) is 0 Å². The molecule has 0 spiro atoms. The van der Waals surface area contributed by atoms with Gasteiger partial charge in [0, 0.05) is 35.8 Å². The lowest BCUT2D eigenvalue weighted by atomic mass is 9.74. The maximum absolute atomic E-state index is 8.52. The Hall–Kier alpha value is -2.56. The third-order valence-corrected chi connectivity index (χ3v) is 4.50. The molecule has 25 heavy (non-hydrogen) atoms. The lowest BCUT2D eigenvalue weighted by molar-refractivity contribution is 0.572. The molecule has 0 aliphatic heterocycles. The maximum Gasteiger partial charge on any atom is 0.227 e. The second-order valence-corrected chi connectivity index (χ2v) is 7.41. The SMILES string of the molecule is CN=C(C1C(=N)CCc2cnc(Nc3ccccc3)nc21)C(C)(C)C. The van der Waals surface area contributed by atoms with Crippen molar-refractivity contribution in [3.63, 3.8) is 0 Å². The first-order valence-electron chi connectivity index (χ1n) is 8.62. The third kappa shape index (κ3) is 3.60. The van der Waals surface area contributed by atoms with Crippen molar-refractivity contribution in [3.05, 3.63) is 47.8 Å². The quantitative estimate of drug-likeness (QED) is 0.817. The zero-order valence-electron chi connectivity index (χ0n) is 15.3. The highest BCUT2D eigenvalue weighted by atomic mass is 15.1. The molecule has 2 N–H and O–H groups in total. The largest absolute Gasteiger partial charge is 0.324 e. The number of benzene rings is 1. The van der Waals surface area contributed by atoms with Crippen molar-refractivity contribution in [3.8, 4) is 0 Å². The Labute approximate surface area is 149 Å². The van der Waals surface area contributed by atoms with Crippen molar-refractivity contribution in [2.75, 3.05) is 12.4 Å². The number of hydrogen-bond donors (Lipinski definition) is 2. The van der Waals surface area contributed by atoms with E-state index in [2.05, 4.69) is 36.1 Å². The van der Waals surface area contributed by atoms with Crippen LogP contribution in [0.2, 0.25) is 0 Å². The smallest absolute Gasteiger partial charge is 0.227 e. The van der Waals surface area contributed by atoms with Gasteiger partial charge in [0.15, 0.2) is 0 Å². The second-order valence-electron chi connectivity index (χ2n) is 7.41. The predicted octanol–water partition coefficient (Wildman–Crippen LogP) is 4.39. The summed E-state index contributed by atoms with van der Waals surface area (Å²) < 4.78 is 0. The van der Waals surface area contributed by atoms with Crippen LogP contribution >= 0.6 is 0 Å². The summed E-state index contributed by atoms with van der Waals surface area (Å²) in [6.45, 7) is 6.42. The highest BCUT2D eigenvalue weighted by Gasteiger charge is 2.36. The van der Waals surface area contributed by atoms with E-state index in [-0.39, 0.29) is 11.3 Å². The summed E-state index contributed by atoms with van der Waals surface area (Å²) in [4.78, 5) is 13.8. The fourth-order valence-electron chi connectivity index (χ4n) is 3.34. The second kappa shape index (κ2) is 6.75.